The van der Waals surface area contributed by atoms with Gasteiger partial charge in [0.15, 0.2) is 0 Å². The molecule has 0 bridgehead atoms. The van der Waals surface area contributed by atoms with Gasteiger partial charge in [0.1, 0.15) is 17.1 Å². The monoisotopic (exact) mass is 507 g/mol. The Morgan fingerprint density at radius 1 is 1.15 bits per heavy atom. The van der Waals surface area contributed by atoms with Gasteiger partial charge in [0.25, 0.3) is 5.56 Å². The lowest BCUT2D eigenvalue weighted by molar-refractivity contribution is -0.108. The number of nitrogens with one attached hydrogen (secondary N) is 2. The molecule has 1 atom stereocenters. The van der Waals surface area contributed by atoms with Crippen LogP contribution in [0.15, 0.2) is 41.2 Å². The highest BCUT2D eigenvalue weighted by Crippen LogP contribution is 2.31. The van der Waals surface area contributed by atoms with Gasteiger partial charge in [-0.1, -0.05) is 49.2 Å². The summed E-state index contributed by atoms with van der Waals surface area (Å²) in [7, 11) is 1.83. The third-order valence-electron chi connectivity index (χ3n) is 5.75. The lowest BCUT2D eigenvalue weighted by atomic mass is 9.98. The van der Waals surface area contributed by atoms with Crippen LogP contribution in [0, 0.1) is 0 Å². The number of pyridine rings is 1. The number of aromatic nitrogens is 1. The van der Waals surface area contributed by atoms with Crippen molar-refractivity contribution in [2.24, 2.45) is 0 Å². The highest BCUT2D eigenvalue weighted by atomic mass is 35.5. The number of hydrogen-bond donors (Lipinski definition) is 2. The molecule has 0 aliphatic heterocycles. The standard InChI is InChI=1S/C26H35Cl2N3O3/c1-4-31(5-2)14-6-7-16-34-25-13-10-19(17-23(25)28)21(18-20(29-3)9-8-15-32)24-12-11-22(27)26(33)30-24/h10-13,15,17-18,20,29H,4-9,14,16H2,1-3H3,(H,30,33)/b21-18+/t20-/m1/s1. The van der Waals surface area contributed by atoms with E-state index in [2.05, 4.69) is 29.0 Å². The Bertz CT molecular complexity index is 1000. The van der Waals surface area contributed by atoms with Crippen LogP contribution in [0.5, 0.6) is 5.75 Å². The number of ether oxygens (including phenoxy) is 1. The molecule has 1 aromatic heterocycles. The Labute approximate surface area is 212 Å². The fourth-order valence-electron chi connectivity index (χ4n) is 3.66. The molecule has 6 nitrogen and oxygen atoms in total. The first-order valence-corrected chi connectivity index (χ1v) is 12.6. The highest BCUT2D eigenvalue weighted by molar-refractivity contribution is 6.32. The van der Waals surface area contributed by atoms with Crippen LogP contribution < -0.4 is 15.6 Å². The first-order valence-electron chi connectivity index (χ1n) is 11.8. The lowest BCUT2D eigenvalue weighted by Gasteiger charge is -2.18. The van der Waals surface area contributed by atoms with Gasteiger partial charge in [-0.05, 0) is 75.8 Å². The molecule has 0 amide bonds. The molecule has 8 heteroatoms. The number of aromatic amines is 1. The average Bonchev–Trinajstić information content (AvgIpc) is 2.84. The normalized spacial score (nSPS) is 12.7. The fourth-order valence-corrected chi connectivity index (χ4v) is 4.00. The van der Waals surface area contributed by atoms with Crippen molar-refractivity contribution >= 4 is 35.1 Å². The number of carbonyl (C=O) groups excluding carboxylic acids is 1. The maximum Gasteiger partial charge on any atom is 0.267 e. The minimum Gasteiger partial charge on any atom is -0.492 e. The van der Waals surface area contributed by atoms with Crippen LogP contribution >= 0.6 is 23.2 Å². The summed E-state index contributed by atoms with van der Waals surface area (Å²) in [6, 6.07) is 8.86. The summed E-state index contributed by atoms with van der Waals surface area (Å²) in [4.78, 5) is 28.2. The summed E-state index contributed by atoms with van der Waals surface area (Å²) in [6.45, 7) is 8.12. The van der Waals surface area contributed by atoms with Crippen LogP contribution in [0.25, 0.3) is 5.57 Å². The van der Waals surface area contributed by atoms with Gasteiger partial charge in [-0.2, -0.15) is 0 Å². The summed E-state index contributed by atoms with van der Waals surface area (Å²) in [5.74, 6) is 0.628. The lowest BCUT2D eigenvalue weighted by Crippen LogP contribution is -2.24. The van der Waals surface area contributed by atoms with Gasteiger partial charge in [-0.15, -0.1) is 0 Å². The van der Waals surface area contributed by atoms with Gasteiger partial charge in [0, 0.05) is 23.7 Å². The zero-order valence-corrected chi connectivity index (χ0v) is 21.7. The van der Waals surface area contributed by atoms with E-state index in [1.54, 1.807) is 12.1 Å². The fraction of sp³-hybridized carbons (Fsp3) is 0.462. The summed E-state index contributed by atoms with van der Waals surface area (Å²) >= 11 is 12.5. The first-order chi connectivity index (χ1) is 16.4. The topological polar surface area (TPSA) is 74.4 Å². The number of aldehydes is 1. The van der Waals surface area contributed by atoms with Gasteiger partial charge < -0.3 is 24.7 Å². The van der Waals surface area contributed by atoms with Crippen LogP contribution in [0.4, 0.5) is 0 Å². The van der Waals surface area contributed by atoms with Crippen molar-refractivity contribution in [3.8, 4) is 5.75 Å². The molecule has 0 aliphatic carbocycles. The largest absolute Gasteiger partial charge is 0.492 e. The Hall–Kier alpha value is -2.12. The second-order valence-corrected chi connectivity index (χ2v) is 8.81. The first kappa shape index (κ1) is 28.1. The number of hydrogen-bond acceptors (Lipinski definition) is 5. The van der Waals surface area contributed by atoms with Crippen molar-refractivity contribution in [2.45, 2.75) is 45.6 Å². The second kappa shape index (κ2) is 15.0. The Morgan fingerprint density at radius 3 is 2.53 bits per heavy atom. The molecule has 0 saturated carbocycles. The van der Waals surface area contributed by atoms with Gasteiger partial charge in [-0.3, -0.25) is 4.79 Å². The van der Waals surface area contributed by atoms with E-state index in [4.69, 9.17) is 27.9 Å². The second-order valence-electron chi connectivity index (χ2n) is 8.00. The number of halogens is 2. The van der Waals surface area contributed by atoms with Gasteiger partial charge in [0.05, 0.1) is 11.6 Å². The van der Waals surface area contributed by atoms with Crippen LogP contribution in [0.1, 0.15) is 50.8 Å². The van der Waals surface area contributed by atoms with Gasteiger partial charge in [-0.25, -0.2) is 0 Å². The number of benzene rings is 1. The van der Waals surface area contributed by atoms with Crippen molar-refractivity contribution in [1.82, 2.24) is 15.2 Å². The molecule has 1 heterocycles. The SMILES string of the molecule is CCN(CC)CCCCOc1ccc(/C(=C\[C@@H](CCC=O)NC)c2ccc(Cl)c(=O)[nH]2)cc1Cl. The molecule has 2 rings (SSSR count). The number of rotatable bonds is 15. The Balaban J connectivity index is 2.22. The van der Waals surface area contributed by atoms with Crippen LogP contribution in [0.2, 0.25) is 10.0 Å². The average molecular weight is 508 g/mol. The summed E-state index contributed by atoms with van der Waals surface area (Å²) in [5.41, 5.74) is 1.85. The molecule has 186 valence electrons. The zero-order valence-electron chi connectivity index (χ0n) is 20.2. The van der Waals surface area contributed by atoms with Gasteiger partial charge >= 0.3 is 0 Å². The van der Waals surface area contributed by atoms with Crippen LogP contribution in [-0.4, -0.2) is 55.5 Å². The number of H-pyrrole nitrogens is 1. The smallest absolute Gasteiger partial charge is 0.267 e. The number of unbranched alkanes of at least 4 members (excludes halogenated alkanes) is 1. The van der Waals surface area contributed by atoms with Crippen LogP contribution in [-0.2, 0) is 4.79 Å². The molecule has 1 aromatic carbocycles. The molecule has 34 heavy (non-hydrogen) atoms. The predicted molar refractivity (Wildman–Crippen MR) is 141 cm³/mol. The predicted octanol–water partition coefficient (Wildman–Crippen LogP) is 5.18. The maximum atomic E-state index is 12.2. The number of carbonyl (C=O) groups is 1. The molecule has 2 N–H and O–H groups in total. The van der Waals surface area contributed by atoms with Crippen molar-refractivity contribution in [3.63, 3.8) is 0 Å². The van der Waals surface area contributed by atoms with E-state index >= 15 is 0 Å². The molecule has 0 aliphatic rings. The zero-order chi connectivity index (χ0) is 24.9. The van der Waals surface area contributed by atoms with E-state index in [1.165, 1.54) is 0 Å². The highest BCUT2D eigenvalue weighted by Gasteiger charge is 2.14. The Kier molecular flexibility index (Phi) is 12.4. The molecule has 0 radical (unpaired) electrons. The third kappa shape index (κ3) is 8.58. The third-order valence-corrected chi connectivity index (χ3v) is 6.34. The minimum absolute atomic E-state index is 0.0695. The number of likely N-dealkylation sites (N-methyl/N-ethyl adjacent to an activating group) is 1. The summed E-state index contributed by atoms with van der Waals surface area (Å²) < 4.78 is 5.92. The van der Waals surface area contributed by atoms with E-state index in [-0.39, 0.29) is 16.6 Å². The van der Waals surface area contributed by atoms with Crippen LogP contribution in [0.3, 0.4) is 0 Å². The summed E-state index contributed by atoms with van der Waals surface area (Å²) in [5, 5.41) is 3.82. The Morgan fingerprint density at radius 2 is 1.91 bits per heavy atom. The summed E-state index contributed by atoms with van der Waals surface area (Å²) in [6.07, 6.45) is 5.96. The molecule has 0 unspecified atom stereocenters. The van der Waals surface area contributed by atoms with Crippen molar-refractivity contribution in [2.75, 3.05) is 33.3 Å². The van der Waals surface area contributed by atoms with E-state index in [0.717, 1.165) is 49.9 Å². The van der Waals surface area contributed by atoms with E-state index in [9.17, 15) is 9.59 Å². The molecule has 0 spiro atoms. The quantitative estimate of drug-likeness (QED) is 0.256. The van der Waals surface area contributed by atoms with Crippen molar-refractivity contribution in [3.05, 3.63) is 68.1 Å². The molecular formula is C26H35Cl2N3O3. The molecule has 0 saturated heterocycles. The van der Waals surface area contributed by atoms with Crippen molar-refractivity contribution in [1.29, 1.82) is 0 Å². The molecule has 2 aromatic rings. The van der Waals surface area contributed by atoms with E-state index in [0.29, 0.717) is 35.9 Å². The number of nitrogens with zero attached hydrogens (tertiary/aromatic N) is 1. The van der Waals surface area contributed by atoms with E-state index < -0.39 is 0 Å². The molecule has 0 fully saturated rings. The minimum atomic E-state index is -0.366. The molecular weight excluding hydrogens is 473 g/mol. The maximum absolute atomic E-state index is 12.2. The van der Waals surface area contributed by atoms with Gasteiger partial charge in [0.2, 0.25) is 0 Å². The van der Waals surface area contributed by atoms with Crippen molar-refractivity contribution < 1.29 is 9.53 Å². The van der Waals surface area contributed by atoms with E-state index in [1.807, 2.05) is 31.3 Å².